The number of aromatic nitrogens is 2. The van der Waals surface area contributed by atoms with Gasteiger partial charge in [-0.25, -0.2) is 4.98 Å². The van der Waals surface area contributed by atoms with E-state index in [2.05, 4.69) is 67.1 Å². The van der Waals surface area contributed by atoms with E-state index in [-0.39, 0.29) is 5.41 Å². The minimum atomic E-state index is -0.823. The lowest BCUT2D eigenvalue weighted by molar-refractivity contribution is 0.0799. The van der Waals surface area contributed by atoms with Crippen LogP contribution < -0.4 is 4.74 Å². The quantitative estimate of drug-likeness (QED) is 0.299. The fourth-order valence-electron chi connectivity index (χ4n) is 4.29. The zero-order valence-electron chi connectivity index (χ0n) is 21.2. The lowest BCUT2D eigenvalue weighted by atomic mass is 9.68. The smallest absolute Gasteiger partial charge is 0.226 e. The first kappa shape index (κ1) is 24.7. The van der Waals surface area contributed by atoms with Crippen LogP contribution >= 0.6 is 0 Å². The number of oxazole rings is 1. The Balaban J connectivity index is 1.52. The molecule has 0 spiro atoms. The summed E-state index contributed by atoms with van der Waals surface area (Å²) in [6.45, 7) is 10.8. The Morgan fingerprint density at radius 3 is 2.11 bits per heavy atom. The lowest BCUT2D eigenvalue weighted by Gasteiger charge is -2.35. The van der Waals surface area contributed by atoms with E-state index < -0.39 is 5.60 Å². The Kier molecular flexibility index (Phi) is 7.08. The molecular formula is C30H34N2O3. The molecule has 4 aromatic rings. The molecule has 2 heterocycles. The van der Waals surface area contributed by atoms with Gasteiger partial charge in [-0.2, -0.15) is 0 Å². The molecule has 4 rings (SSSR count). The average Bonchev–Trinajstić information content (AvgIpc) is 3.30. The second-order valence-corrected chi connectivity index (χ2v) is 10.2. The highest BCUT2D eigenvalue weighted by Gasteiger charge is 2.32. The van der Waals surface area contributed by atoms with Crippen molar-refractivity contribution in [1.82, 2.24) is 9.97 Å². The summed E-state index contributed by atoms with van der Waals surface area (Å²) in [6.07, 6.45) is 3.84. The second-order valence-electron chi connectivity index (χ2n) is 10.2. The summed E-state index contributed by atoms with van der Waals surface area (Å²) in [5.41, 5.74) is 4.02. The molecule has 1 atom stereocenters. The summed E-state index contributed by atoms with van der Waals surface area (Å²) in [5, 5.41) is 10.0. The van der Waals surface area contributed by atoms with Gasteiger partial charge >= 0.3 is 0 Å². The monoisotopic (exact) mass is 470 g/mol. The van der Waals surface area contributed by atoms with E-state index in [0.717, 1.165) is 22.7 Å². The van der Waals surface area contributed by atoms with Crippen molar-refractivity contribution in [3.63, 3.8) is 0 Å². The molecule has 1 unspecified atom stereocenters. The van der Waals surface area contributed by atoms with Gasteiger partial charge < -0.3 is 14.3 Å². The molecule has 0 fully saturated rings. The van der Waals surface area contributed by atoms with Crippen molar-refractivity contribution in [2.24, 2.45) is 5.92 Å². The summed E-state index contributed by atoms with van der Waals surface area (Å²) in [6, 6.07) is 22.6. The molecule has 35 heavy (non-hydrogen) atoms. The summed E-state index contributed by atoms with van der Waals surface area (Å²) in [4.78, 5) is 8.87. The standard InChI is InChI=1S/C30H34N2O3/c1-21(2)30(5,24-13-15-27(16-14-24)34-19-25-8-6-7-17-31-25)23-11-9-22(10-12-23)28-32-26(20-35-28)18-29(3,4)33/h6-17,20-21,33H,18-19H2,1-5H3. The van der Waals surface area contributed by atoms with Gasteiger partial charge in [-0.1, -0.05) is 51.1 Å². The highest BCUT2D eigenvalue weighted by atomic mass is 16.5. The SMILES string of the molecule is CC(C)C(C)(c1ccc(OCc2ccccn2)cc1)c1ccc(-c2nc(CC(C)(C)O)co2)cc1. The number of pyridine rings is 1. The van der Waals surface area contributed by atoms with Gasteiger partial charge in [0.25, 0.3) is 0 Å². The van der Waals surface area contributed by atoms with Crippen LogP contribution in [-0.4, -0.2) is 20.7 Å². The molecule has 0 saturated carbocycles. The van der Waals surface area contributed by atoms with Gasteiger partial charge in [0.15, 0.2) is 0 Å². The maximum atomic E-state index is 10.0. The van der Waals surface area contributed by atoms with Gasteiger partial charge in [-0.05, 0) is 67.3 Å². The summed E-state index contributed by atoms with van der Waals surface area (Å²) >= 11 is 0. The van der Waals surface area contributed by atoms with Gasteiger partial charge in [0, 0.05) is 23.6 Å². The molecule has 0 bridgehead atoms. The molecule has 0 aliphatic carbocycles. The topological polar surface area (TPSA) is 68.4 Å². The molecule has 0 amide bonds. The van der Waals surface area contributed by atoms with Gasteiger partial charge in [-0.3, -0.25) is 4.98 Å². The van der Waals surface area contributed by atoms with Gasteiger partial charge in [0.1, 0.15) is 18.6 Å². The second kappa shape index (κ2) is 10.0. The van der Waals surface area contributed by atoms with E-state index in [1.54, 1.807) is 26.3 Å². The fourth-order valence-corrected chi connectivity index (χ4v) is 4.29. The average molecular weight is 471 g/mol. The number of rotatable bonds is 9. The predicted octanol–water partition coefficient (Wildman–Crippen LogP) is 6.59. The third-order valence-electron chi connectivity index (χ3n) is 6.62. The third-order valence-corrected chi connectivity index (χ3v) is 6.62. The zero-order valence-corrected chi connectivity index (χ0v) is 21.2. The van der Waals surface area contributed by atoms with Crippen LogP contribution in [0.2, 0.25) is 0 Å². The number of ether oxygens (including phenoxy) is 1. The van der Waals surface area contributed by atoms with Crippen molar-refractivity contribution in [2.75, 3.05) is 0 Å². The number of benzene rings is 2. The minimum absolute atomic E-state index is 0.180. The van der Waals surface area contributed by atoms with Crippen molar-refractivity contribution in [1.29, 1.82) is 0 Å². The Morgan fingerprint density at radius 2 is 1.54 bits per heavy atom. The van der Waals surface area contributed by atoms with E-state index in [0.29, 0.717) is 24.8 Å². The number of aliphatic hydroxyl groups is 1. The molecule has 2 aromatic heterocycles. The molecule has 2 aromatic carbocycles. The van der Waals surface area contributed by atoms with Crippen LogP contribution in [0.25, 0.3) is 11.5 Å². The van der Waals surface area contributed by atoms with Crippen LogP contribution in [0.1, 0.15) is 57.1 Å². The predicted molar refractivity (Wildman–Crippen MR) is 138 cm³/mol. The van der Waals surface area contributed by atoms with E-state index >= 15 is 0 Å². The summed E-state index contributed by atoms with van der Waals surface area (Å²) in [5.74, 6) is 1.76. The number of nitrogens with zero attached hydrogens (tertiary/aromatic N) is 2. The summed E-state index contributed by atoms with van der Waals surface area (Å²) in [7, 11) is 0. The van der Waals surface area contributed by atoms with E-state index in [9.17, 15) is 5.11 Å². The molecule has 0 aliphatic heterocycles. The van der Waals surface area contributed by atoms with Crippen molar-refractivity contribution in [3.8, 4) is 17.2 Å². The van der Waals surface area contributed by atoms with Crippen LogP contribution in [0.5, 0.6) is 5.75 Å². The molecule has 0 saturated heterocycles. The van der Waals surface area contributed by atoms with E-state index in [1.165, 1.54) is 11.1 Å². The van der Waals surface area contributed by atoms with Gasteiger partial charge in [-0.15, -0.1) is 0 Å². The number of hydrogen-bond acceptors (Lipinski definition) is 5. The molecule has 5 nitrogen and oxygen atoms in total. The molecular weight excluding hydrogens is 436 g/mol. The van der Waals surface area contributed by atoms with Crippen LogP contribution in [0.3, 0.4) is 0 Å². The van der Waals surface area contributed by atoms with Crippen molar-refractivity contribution >= 4 is 0 Å². The molecule has 0 aliphatic rings. The zero-order chi connectivity index (χ0) is 25.1. The largest absolute Gasteiger partial charge is 0.487 e. The van der Waals surface area contributed by atoms with Crippen LogP contribution in [-0.2, 0) is 18.4 Å². The first-order valence-corrected chi connectivity index (χ1v) is 12.1. The first-order valence-electron chi connectivity index (χ1n) is 12.1. The van der Waals surface area contributed by atoms with Crippen molar-refractivity contribution in [3.05, 3.63) is 102 Å². The Hall–Kier alpha value is -3.44. The Labute approximate surface area is 207 Å². The highest BCUT2D eigenvalue weighted by molar-refractivity contribution is 5.55. The third kappa shape index (κ3) is 5.80. The molecule has 1 N–H and O–H groups in total. The van der Waals surface area contributed by atoms with Crippen molar-refractivity contribution < 1.29 is 14.3 Å². The highest BCUT2D eigenvalue weighted by Crippen LogP contribution is 2.40. The van der Waals surface area contributed by atoms with Crippen LogP contribution in [0.4, 0.5) is 0 Å². The van der Waals surface area contributed by atoms with E-state index in [4.69, 9.17) is 9.15 Å². The van der Waals surface area contributed by atoms with E-state index in [1.807, 2.05) is 30.3 Å². The lowest BCUT2D eigenvalue weighted by Crippen LogP contribution is -2.30. The van der Waals surface area contributed by atoms with Crippen LogP contribution in [0, 0.1) is 5.92 Å². The Morgan fingerprint density at radius 1 is 0.886 bits per heavy atom. The van der Waals surface area contributed by atoms with Crippen molar-refractivity contribution in [2.45, 2.75) is 58.7 Å². The molecule has 5 heteroatoms. The minimum Gasteiger partial charge on any atom is -0.487 e. The molecule has 182 valence electrons. The number of hydrogen-bond donors (Lipinski definition) is 1. The normalized spacial score (nSPS) is 13.6. The molecule has 0 radical (unpaired) electrons. The maximum Gasteiger partial charge on any atom is 0.226 e. The van der Waals surface area contributed by atoms with Gasteiger partial charge in [0.2, 0.25) is 5.89 Å². The first-order chi connectivity index (χ1) is 16.6. The summed E-state index contributed by atoms with van der Waals surface area (Å²) < 4.78 is 11.6. The van der Waals surface area contributed by atoms with Gasteiger partial charge in [0.05, 0.1) is 17.0 Å². The maximum absolute atomic E-state index is 10.0. The fraction of sp³-hybridized carbons (Fsp3) is 0.333. The Bertz CT molecular complexity index is 1220. The van der Waals surface area contributed by atoms with Crippen LogP contribution in [0.15, 0.2) is 83.6 Å².